The molecule has 1 aliphatic rings. The number of hydrogen-bond acceptors (Lipinski definition) is 3. The fourth-order valence-corrected chi connectivity index (χ4v) is 3.72. The zero-order valence-corrected chi connectivity index (χ0v) is 14.7. The second-order valence-electron chi connectivity index (χ2n) is 5.85. The van der Waals surface area contributed by atoms with Gasteiger partial charge in [-0.25, -0.2) is 21.9 Å². The number of nitrogens with zero attached hydrogens (tertiary/aromatic N) is 1. The van der Waals surface area contributed by atoms with Crippen molar-refractivity contribution in [3.8, 4) is 0 Å². The third-order valence-electron chi connectivity index (χ3n) is 4.00. The first kappa shape index (κ1) is 20.3. The molecule has 0 spiro atoms. The Morgan fingerprint density at radius 2 is 1.91 bits per heavy atom. The van der Waals surface area contributed by atoms with Crippen molar-refractivity contribution < 1.29 is 17.2 Å². The van der Waals surface area contributed by atoms with E-state index < -0.39 is 26.6 Å². The van der Waals surface area contributed by atoms with Gasteiger partial charge in [0.25, 0.3) is 0 Å². The van der Waals surface area contributed by atoms with Gasteiger partial charge >= 0.3 is 0 Å². The van der Waals surface area contributed by atoms with Gasteiger partial charge in [-0.1, -0.05) is 6.92 Å². The Morgan fingerprint density at radius 1 is 1.26 bits per heavy atom. The molecule has 0 aromatic heterocycles. The summed E-state index contributed by atoms with van der Waals surface area (Å²) >= 11 is 0. The minimum atomic E-state index is -4.01. The maximum atomic E-state index is 13.5. The van der Waals surface area contributed by atoms with E-state index in [0.717, 1.165) is 37.7 Å². The van der Waals surface area contributed by atoms with Gasteiger partial charge in [-0.2, -0.15) is 0 Å². The van der Waals surface area contributed by atoms with E-state index in [4.69, 9.17) is 0 Å². The van der Waals surface area contributed by atoms with E-state index in [1.165, 1.54) is 12.8 Å². The molecule has 132 valence electrons. The van der Waals surface area contributed by atoms with Gasteiger partial charge in [0.2, 0.25) is 10.0 Å². The van der Waals surface area contributed by atoms with Gasteiger partial charge in [0.15, 0.2) is 0 Å². The predicted octanol–water partition coefficient (Wildman–Crippen LogP) is 2.79. The predicted molar refractivity (Wildman–Crippen MR) is 88.2 cm³/mol. The maximum absolute atomic E-state index is 13.5. The highest BCUT2D eigenvalue weighted by atomic mass is 35.5. The summed E-state index contributed by atoms with van der Waals surface area (Å²) in [6.07, 6.45) is 2.98. The van der Waals surface area contributed by atoms with Crippen LogP contribution in [-0.2, 0) is 10.0 Å². The van der Waals surface area contributed by atoms with E-state index >= 15 is 0 Å². The summed E-state index contributed by atoms with van der Waals surface area (Å²) in [6, 6.07) is 2.41. The fourth-order valence-electron chi connectivity index (χ4n) is 2.56. The quantitative estimate of drug-likeness (QED) is 0.785. The highest BCUT2D eigenvalue weighted by molar-refractivity contribution is 7.89. The zero-order chi connectivity index (χ0) is 16.2. The first-order valence-corrected chi connectivity index (χ1v) is 9.04. The number of likely N-dealkylation sites (tertiary alicyclic amines) is 1. The van der Waals surface area contributed by atoms with Crippen LogP contribution >= 0.6 is 12.4 Å². The summed E-state index contributed by atoms with van der Waals surface area (Å²) in [5.74, 6) is -0.964. The van der Waals surface area contributed by atoms with Gasteiger partial charge in [0.05, 0.1) is 0 Å². The van der Waals surface area contributed by atoms with Crippen molar-refractivity contribution in [3.05, 3.63) is 29.8 Å². The number of hydrogen-bond donors (Lipinski definition) is 1. The Labute approximate surface area is 142 Å². The molecule has 0 radical (unpaired) electrons. The van der Waals surface area contributed by atoms with Crippen LogP contribution in [0.3, 0.4) is 0 Å². The van der Waals surface area contributed by atoms with E-state index in [0.29, 0.717) is 12.5 Å². The van der Waals surface area contributed by atoms with Gasteiger partial charge in [0, 0.05) is 6.54 Å². The lowest BCUT2D eigenvalue weighted by atomic mass is 9.99. The van der Waals surface area contributed by atoms with Crippen molar-refractivity contribution in [1.82, 2.24) is 9.62 Å². The Bertz CT molecular complexity index is 605. The van der Waals surface area contributed by atoms with Crippen LogP contribution < -0.4 is 4.72 Å². The van der Waals surface area contributed by atoms with Crippen molar-refractivity contribution in [2.75, 3.05) is 26.2 Å². The molecule has 1 fully saturated rings. The third kappa shape index (κ3) is 5.99. The number of sulfonamides is 1. The van der Waals surface area contributed by atoms with Gasteiger partial charge in [0.1, 0.15) is 16.5 Å². The molecule has 0 amide bonds. The molecule has 1 aliphatic heterocycles. The minimum Gasteiger partial charge on any atom is -0.303 e. The minimum absolute atomic E-state index is 0. The highest BCUT2D eigenvalue weighted by Gasteiger charge is 2.20. The van der Waals surface area contributed by atoms with E-state index in [-0.39, 0.29) is 19.0 Å². The fraction of sp³-hybridized carbons (Fsp3) is 0.600. The lowest BCUT2D eigenvalue weighted by molar-refractivity contribution is 0.191. The van der Waals surface area contributed by atoms with Crippen LogP contribution in [0.25, 0.3) is 0 Å². The molecule has 1 heterocycles. The first-order chi connectivity index (χ1) is 10.4. The first-order valence-electron chi connectivity index (χ1n) is 7.55. The molecule has 1 N–H and O–H groups in total. The van der Waals surface area contributed by atoms with Crippen LogP contribution in [0.2, 0.25) is 0 Å². The molecule has 1 saturated heterocycles. The molecule has 4 nitrogen and oxygen atoms in total. The van der Waals surface area contributed by atoms with Crippen LogP contribution in [0.5, 0.6) is 0 Å². The average molecular weight is 369 g/mol. The van der Waals surface area contributed by atoms with Gasteiger partial charge in [-0.3, -0.25) is 0 Å². The molecule has 0 saturated carbocycles. The third-order valence-corrected chi connectivity index (χ3v) is 5.48. The van der Waals surface area contributed by atoms with Crippen molar-refractivity contribution >= 4 is 22.4 Å². The SMILES string of the molecule is CC1CCN(CCCNS(=O)(=O)c2cc(F)ccc2F)CC1.Cl. The maximum Gasteiger partial charge on any atom is 0.243 e. The van der Waals surface area contributed by atoms with Gasteiger partial charge in [-0.05, 0) is 63.0 Å². The molecule has 1 aromatic rings. The zero-order valence-electron chi connectivity index (χ0n) is 13.1. The molecule has 1 aromatic carbocycles. The monoisotopic (exact) mass is 368 g/mol. The topological polar surface area (TPSA) is 49.4 Å². The molecular weight excluding hydrogens is 346 g/mol. The summed E-state index contributed by atoms with van der Waals surface area (Å²) in [7, 11) is -4.01. The van der Waals surface area contributed by atoms with E-state index in [2.05, 4.69) is 16.5 Å². The second-order valence-corrected chi connectivity index (χ2v) is 7.59. The van der Waals surface area contributed by atoms with Crippen LogP contribution in [0.1, 0.15) is 26.2 Å². The summed E-state index contributed by atoms with van der Waals surface area (Å²) in [5, 5.41) is 0. The van der Waals surface area contributed by atoms with E-state index in [1.54, 1.807) is 0 Å². The summed E-state index contributed by atoms with van der Waals surface area (Å²) in [5.41, 5.74) is 0. The van der Waals surface area contributed by atoms with Gasteiger partial charge in [-0.15, -0.1) is 12.4 Å². The summed E-state index contributed by atoms with van der Waals surface area (Å²) in [4.78, 5) is 1.66. The Kier molecular flexibility index (Phi) is 7.86. The second kappa shape index (κ2) is 8.92. The van der Waals surface area contributed by atoms with Crippen molar-refractivity contribution in [2.45, 2.75) is 31.1 Å². The van der Waals surface area contributed by atoms with Crippen molar-refractivity contribution in [2.24, 2.45) is 5.92 Å². The van der Waals surface area contributed by atoms with Crippen molar-refractivity contribution in [3.63, 3.8) is 0 Å². The average Bonchev–Trinajstić information content (AvgIpc) is 2.48. The Morgan fingerprint density at radius 3 is 2.57 bits per heavy atom. The summed E-state index contributed by atoms with van der Waals surface area (Å²) in [6.45, 7) is 5.32. The molecule has 23 heavy (non-hydrogen) atoms. The molecule has 2 rings (SSSR count). The van der Waals surface area contributed by atoms with Crippen LogP contribution in [0, 0.1) is 17.6 Å². The number of rotatable bonds is 6. The highest BCUT2D eigenvalue weighted by Crippen LogP contribution is 2.17. The molecule has 0 aliphatic carbocycles. The lowest BCUT2D eigenvalue weighted by Gasteiger charge is -2.30. The Balaban J connectivity index is 0.00000264. The van der Waals surface area contributed by atoms with Crippen LogP contribution in [-0.4, -0.2) is 39.5 Å². The molecule has 0 unspecified atom stereocenters. The standard InChI is InChI=1S/C15H22F2N2O2S.ClH/c1-12-5-9-19(10-6-12)8-2-7-18-22(20,21)15-11-13(16)3-4-14(15)17;/h3-4,11-12,18H,2,5-10H2,1H3;1H. The lowest BCUT2D eigenvalue weighted by Crippen LogP contribution is -2.35. The number of nitrogens with one attached hydrogen (secondary N) is 1. The molecule has 0 atom stereocenters. The smallest absolute Gasteiger partial charge is 0.243 e. The molecule has 8 heteroatoms. The van der Waals surface area contributed by atoms with Crippen LogP contribution in [0.15, 0.2) is 23.1 Å². The normalized spacial score (nSPS) is 17.0. The number of halogens is 3. The van der Waals surface area contributed by atoms with E-state index in [1.807, 2.05) is 0 Å². The largest absolute Gasteiger partial charge is 0.303 e. The summed E-state index contributed by atoms with van der Waals surface area (Å²) < 4.78 is 52.8. The van der Waals surface area contributed by atoms with Gasteiger partial charge < -0.3 is 4.90 Å². The van der Waals surface area contributed by atoms with Crippen molar-refractivity contribution in [1.29, 1.82) is 0 Å². The Hall–Kier alpha value is -0.760. The van der Waals surface area contributed by atoms with Crippen LogP contribution in [0.4, 0.5) is 8.78 Å². The van der Waals surface area contributed by atoms with E-state index in [9.17, 15) is 17.2 Å². The molecular formula is C15H23ClF2N2O2S. The number of piperidine rings is 1. The molecule has 0 bridgehead atoms. The number of benzene rings is 1.